The highest BCUT2D eigenvalue weighted by Crippen LogP contribution is 2.31. The number of ether oxygens (including phenoxy) is 1. The number of aryl methyl sites for hydroxylation is 1. The smallest absolute Gasteiger partial charge is 0.227 e. The van der Waals surface area contributed by atoms with Crippen LogP contribution in [0, 0.1) is 12.8 Å². The number of likely N-dealkylation sites (tertiary alicyclic amines) is 1. The van der Waals surface area contributed by atoms with Gasteiger partial charge in [0.05, 0.1) is 12.8 Å². The van der Waals surface area contributed by atoms with Gasteiger partial charge in [0.25, 0.3) is 0 Å². The van der Waals surface area contributed by atoms with Gasteiger partial charge in [-0.25, -0.2) is 0 Å². The number of rotatable bonds is 3. The molecular formula is C16H21ClN2O3. The third-order valence-corrected chi connectivity index (χ3v) is 4.46. The number of piperidine rings is 1. The molecule has 0 radical (unpaired) electrons. The Morgan fingerprint density at radius 1 is 1.32 bits per heavy atom. The fraction of sp³-hybridized carbons (Fsp3) is 0.500. The Hall–Kier alpha value is -1.75. The number of carbonyl (C=O) groups is 2. The lowest BCUT2D eigenvalue weighted by molar-refractivity contribution is -0.132. The fourth-order valence-electron chi connectivity index (χ4n) is 2.61. The van der Waals surface area contributed by atoms with Crippen LogP contribution in [0.3, 0.4) is 0 Å². The average Bonchev–Trinajstić information content (AvgIpc) is 2.50. The Bertz CT molecular complexity index is 581. The van der Waals surface area contributed by atoms with E-state index in [9.17, 15) is 9.59 Å². The Labute approximate surface area is 135 Å². The third-order valence-electron chi connectivity index (χ3n) is 4.05. The van der Waals surface area contributed by atoms with Crippen LogP contribution in [-0.4, -0.2) is 36.9 Å². The highest BCUT2D eigenvalue weighted by Gasteiger charge is 2.26. The molecule has 1 aromatic rings. The lowest BCUT2D eigenvalue weighted by atomic mass is 9.95. The number of carbonyl (C=O) groups excluding carboxylic acids is 2. The summed E-state index contributed by atoms with van der Waals surface area (Å²) < 4.78 is 5.29. The molecule has 2 amide bonds. The van der Waals surface area contributed by atoms with E-state index >= 15 is 0 Å². The number of amides is 2. The van der Waals surface area contributed by atoms with Gasteiger partial charge in [-0.15, -0.1) is 0 Å². The summed E-state index contributed by atoms with van der Waals surface area (Å²) in [7, 11) is 1.56. The van der Waals surface area contributed by atoms with Crippen LogP contribution in [0.2, 0.25) is 5.02 Å². The van der Waals surface area contributed by atoms with E-state index in [-0.39, 0.29) is 17.7 Å². The van der Waals surface area contributed by atoms with Crippen molar-refractivity contribution in [2.24, 2.45) is 5.92 Å². The average molecular weight is 325 g/mol. The second-order valence-electron chi connectivity index (χ2n) is 5.57. The second kappa shape index (κ2) is 7.01. The van der Waals surface area contributed by atoms with Crippen molar-refractivity contribution in [1.29, 1.82) is 0 Å². The van der Waals surface area contributed by atoms with E-state index in [1.54, 1.807) is 31.1 Å². The number of nitrogens with zero attached hydrogens (tertiary/aromatic N) is 1. The first-order chi connectivity index (χ1) is 10.4. The number of anilines is 1. The molecule has 0 bridgehead atoms. The molecule has 0 atom stereocenters. The van der Waals surface area contributed by atoms with E-state index in [1.807, 2.05) is 6.92 Å². The maximum atomic E-state index is 12.4. The van der Waals surface area contributed by atoms with Gasteiger partial charge in [-0.3, -0.25) is 9.59 Å². The molecule has 1 aromatic carbocycles. The summed E-state index contributed by atoms with van der Waals surface area (Å²) in [6.07, 6.45) is 1.35. The van der Waals surface area contributed by atoms with Crippen molar-refractivity contribution in [3.63, 3.8) is 0 Å². The first-order valence-corrected chi connectivity index (χ1v) is 7.70. The van der Waals surface area contributed by atoms with Crippen LogP contribution >= 0.6 is 11.6 Å². The van der Waals surface area contributed by atoms with Crippen molar-refractivity contribution in [2.75, 3.05) is 25.5 Å². The van der Waals surface area contributed by atoms with Crippen molar-refractivity contribution < 1.29 is 14.3 Å². The van der Waals surface area contributed by atoms with Gasteiger partial charge in [0.1, 0.15) is 5.75 Å². The van der Waals surface area contributed by atoms with Crippen molar-refractivity contribution >= 4 is 29.1 Å². The fourth-order valence-corrected chi connectivity index (χ4v) is 2.78. The van der Waals surface area contributed by atoms with Crippen LogP contribution in [0.25, 0.3) is 0 Å². The first kappa shape index (κ1) is 16.6. The zero-order valence-electron chi connectivity index (χ0n) is 13.1. The molecule has 5 nitrogen and oxygen atoms in total. The molecule has 0 spiro atoms. The Morgan fingerprint density at radius 3 is 2.50 bits per heavy atom. The highest BCUT2D eigenvalue weighted by molar-refractivity contribution is 6.31. The molecule has 120 valence electrons. The van der Waals surface area contributed by atoms with Crippen molar-refractivity contribution in [3.05, 3.63) is 22.7 Å². The SMILES string of the molecule is COc1cc(C)c(Cl)cc1NC(=O)C1CCN(C(C)=O)CC1. The van der Waals surface area contributed by atoms with Gasteiger partial charge in [-0.2, -0.15) is 0 Å². The van der Waals surface area contributed by atoms with Gasteiger partial charge in [0, 0.05) is 31.0 Å². The molecule has 1 N–H and O–H groups in total. The second-order valence-corrected chi connectivity index (χ2v) is 5.98. The van der Waals surface area contributed by atoms with Gasteiger partial charge in [0.2, 0.25) is 11.8 Å². The molecule has 0 unspecified atom stereocenters. The largest absolute Gasteiger partial charge is 0.495 e. The summed E-state index contributed by atoms with van der Waals surface area (Å²) in [5, 5.41) is 3.48. The maximum Gasteiger partial charge on any atom is 0.227 e. The molecule has 0 saturated carbocycles. The molecule has 1 aliphatic heterocycles. The van der Waals surface area contributed by atoms with Crippen molar-refractivity contribution in [1.82, 2.24) is 4.90 Å². The van der Waals surface area contributed by atoms with E-state index in [4.69, 9.17) is 16.3 Å². The molecule has 1 saturated heterocycles. The minimum Gasteiger partial charge on any atom is -0.495 e. The Morgan fingerprint density at radius 2 is 1.95 bits per heavy atom. The monoisotopic (exact) mass is 324 g/mol. The zero-order valence-corrected chi connectivity index (χ0v) is 13.9. The molecule has 1 fully saturated rings. The van der Waals surface area contributed by atoms with E-state index in [2.05, 4.69) is 5.32 Å². The molecule has 1 heterocycles. The van der Waals surface area contributed by atoms with Gasteiger partial charge in [-0.1, -0.05) is 11.6 Å². The maximum absolute atomic E-state index is 12.4. The predicted molar refractivity (Wildman–Crippen MR) is 86.3 cm³/mol. The van der Waals surface area contributed by atoms with Gasteiger partial charge in [0.15, 0.2) is 0 Å². The summed E-state index contributed by atoms with van der Waals surface area (Å²) in [5.41, 5.74) is 1.48. The number of halogens is 1. The molecule has 1 aliphatic rings. The molecule has 0 aliphatic carbocycles. The highest BCUT2D eigenvalue weighted by atomic mass is 35.5. The summed E-state index contributed by atoms with van der Waals surface area (Å²) in [5.74, 6) is 0.504. The Balaban J connectivity index is 2.04. The van der Waals surface area contributed by atoms with Crippen molar-refractivity contribution in [3.8, 4) is 5.75 Å². The summed E-state index contributed by atoms with van der Waals surface area (Å²) in [4.78, 5) is 25.5. The number of hydrogen-bond acceptors (Lipinski definition) is 3. The standard InChI is InChI=1S/C16H21ClN2O3/c1-10-8-15(22-3)14(9-13(10)17)18-16(21)12-4-6-19(7-5-12)11(2)20/h8-9,12H,4-7H2,1-3H3,(H,18,21). The Kier molecular flexibility index (Phi) is 5.29. The summed E-state index contributed by atoms with van der Waals surface area (Å²) >= 11 is 6.11. The van der Waals surface area contributed by atoms with Crippen LogP contribution in [0.1, 0.15) is 25.3 Å². The zero-order chi connectivity index (χ0) is 16.3. The normalized spacial score (nSPS) is 15.5. The lowest BCUT2D eigenvalue weighted by Gasteiger charge is -2.30. The number of hydrogen-bond donors (Lipinski definition) is 1. The quantitative estimate of drug-likeness (QED) is 0.930. The molecule has 2 rings (SSSR count). The summed E-state index contributed by atoms with van der Waals surface area (Å²) in [6.45, 7) is 4.69. The van der Waals surface area contributed by atoms with Crippen LogP contribution in [0.5, 0.6) is 5.75 Å². The van der Waals surface area contributed by atoms with E-state index in [0.717, 1.165) is 5.56 Å². The minimum absolute atomic E-state index is 0.0542. The van der Waals surface area contributed by atoms with Crippen molar-refractivity contribution in [2.45, 2.75) is 26.7 Å². The minimum atomic E-state index is -0.0969. The molecule has 6 heteroatoms. The number of benzene rings is 1. The number of nitrogens with one attached hydrogen (secondary N) is 1. The van der Waals surface area contributed by atoms with E-state index in [0.29, 0.717) is 42.4 Å². The van der Waals surface area contributed by atoms with Gasteiger partial charge in [-0.05, 0) is 37.5 Å². The van der Waals surface area contributed by atoms with E-state index < -0.39 is 0 Å². The lowest BCUT2D eigenvalue weighted by Crippen LogP contribution is -2.40. The van der Waals surface area contributed by atoms with Crippen LogP contribution < -0.4 is 10.1 Å². The molecular weight excluding hydrogens is 304 g/mol. The van der Waals surface area contributed by atoms with E-state index in [1.165, 1.54) is 0 Å². The topological polar surface area (TPSA) is 58.6 Å². The van der Waals surface area contributed by atoms with Gasteiger partial charge >= 0.3 is 0 Å². The van der Waals surface area contributed by atoms with Crippen LogP contribution in [0.15, 0.2) is 12.1 Å². The third kappa shape index (κ3) is 3.71. The predicted octanol–water partition coefficient (Wildman–Crippen LogP) is 2.85. The molecule has 0 aromatic heterocycles. The first-order valence-electron chi connectivity index (χ1n) is 7.33. The molecule has 22 heavy (non-hydrogen) atoms. The van der Waals surface area contributed by atoms with Crippen LogP contribution in [0.4, 0.5) is 5.69 Å². The number of methoxy groups -OCH3 is 1. The van der Waals surface area contributed by atoms with Gasteiger partial charge < -0.3 is 15.0 Å². The van der Waals surface area contributed by atoms with Crippen LogP contribution in [-0.2, 0) is 9.59 Å². The summed E-state index contributed by atoms with van der Waals surface area (Å²) in [6, 6.07) is 3.51.